The van der Waals surface area contributed by atoms with Gasteiger partial charge in [-0.15, -0.1) is 0 Å². The number of benzene rings is 1. The molecule has 1 aromatic carbocycles. The number of β-amino-alcohol motifs (C(OH)–C–C–N with tert-alkyl or cyclic N) is 1. The molecule has 2 heterocycles. The van der Waals surface area contributed by atoms with Gasteiger partial charge in [-0.3, -0.25) is 14.5 Å². The van der Waals surface area contributed by atoms with E-state index in [4.69, 9.17) is 11.6 Å². The van der Waals surface area contributed by atoms with Crippen molar-refractivity contribution >= 4 is 29.5 Å². The van der Waals surface area contributed by atoms with Gasteiger partial charge in [-0.2, -0.15) is 0 Å². The monoisotopic (exact) mass is 481 g/mol. The van der Waals surface area contributed by atoms with Gasteiger partial charge in [-0.25, -0.2) is 4.39 Å². The average Bonchev–Trinajstić information content (AvgIpc) is 2.99. The van der Waals surface area contributed by atoms with Crippen molar-refractivity contribution in [3.05, 3.63) is 40.7 Å². The lowest BCUT2D eigenvalue weighted by Gasteiger charge is -2.37. The number of piperidine rings is 1. The maximum absolute atomic E-state index is 13.6. The zero-order valence-corrected chi connectivity index (χ0v) is 19.6. The number of rotatable bonds is 8. The van der Waals surface area contributed by atoms with Crippen molar-refractivity contribution in [3.63, 3.8) is 0 Å². The van der Waals surface area contributed by atoms with Crippen LogP contribution in [-0.4, -0.2) is 94.7 Å². The molecule has 0 radical (unpaired) electrons. The number of amides is 2. The van der Waals surface area contributed by atoms with Crippen molar-refractivity contribution in [2.24, 2.45) is 0 Å². The van der Waals surface area contributed by atoms with Crippen molar-refractivity contribution < 1.29 is 24.2 Å². The molecule has 2 unspecified atom stereocenters. The summed E-state index contributed by atoms with van der Waals surface area (Å²) in [6.07, 6.45) is 6.11. The molecule has 2 saturated heterocycles. The molecule has 7 nitrogen and oxygen atoms in total. The predicted molar refractivity (Wildman–Crippen MR) is 125 cm³/mol. The minimum Gasteiger partial charge on any atom is -0.395 e. The smallest absolute Gasteiger partial charge is 0.246 e. The number of hydrogen-bond acceptors (Lipinski definition) is 5. The second-order valence-electron chi connectivity index (χ2n) is 8.73. The second-order valence-corrected chi connectivity index (χ2v) is 9.14. The Morgan fingerprint density at radius 1 is 1.18 bits per heavy atom. The highest BCUT2D eigenvalue weighted by molar-refractivity contribution is 6.30. The van der Waals surface area contributed by atoms with Crippen LogP contribution in [0.1, 0.15) is 37.7 Å². The number of hydrogen-bond donors (Lipinski definition) is 2. The number of aliphatic hydroxyl groups excluding tert-OH is 2. The first kappa shape index (κ1) is 25.6. The molecule has 33 heavy (non-hydrogen) atoms. The molecular weight excluding hydrogens is 449 g/mol. The Bertz CT molecular complexity index is 853. The maximum atomic E-state index is 13.6. The number of halogens is 2. The fourth-order valence-electron chi connectivity index (χ4n) is 4.39. The van der Waals surface area contributed by atoms with E-state index in [1.54, 1.807) is 21.9 Å². The number of nitrogens with zero attached hydrogens (tertiary/aromatic N) is 3. The van der Waals surface area contributed by atoms with E-state index in [9.17, 15) is 24.2 Å². The van der Waals surface area contributed by atoms with Crippen LogP contribution in [0.4, 0.5) is 4.39 Å². The molecule has 2 atom stereocenters. The SMILES string of the molecule is O=C(/C=C/c1ccc(Cl)c(F)c1)N1CCC(=O)N(CCCCN2CC(O)CCC2CO)CC1. The molecule has 2 amide bonds. The van der Waals surface area contributed by atoms with Gasteiger partial charge in [-0.05, 0) is 56.0 Å². The molecule has 0 bridgehead atoms. The van der Waals surface area contributed by atoms with Gasteiger partial charge in [0, 0.05) is 51.3 Å². The molecule has 0 aromatic heterocycles. The summed E-state index contributed by atoms with van der Waals surface area (Å²) in [5.41, 5.74) is 0.544. The van der Waals surface area contributed by atoms with Gasteiger partial charge in [0.05, 0.1) is 17.7 Å². The first-order chi connectivity index (χ1) is 15.9. The Balaban J connectivity index is 1.43. The normalized spacial score (nSPS) is 22.7. The van der Waals surface area contributed by atoms with Gasteiger partial charge >= 0.3 is 0 Å². The van der Waals surface area contributed by atoms with Gasteiger partial charge in [0.1, 0.15) is 5.82 Å². The number of carbonyl (C=O) groups excluding carboxylic acids is 2. The Labute approximate surface area is 199 Å². The fourth-order valence-corrected chi connectivity index (χ4v) is 4.51. The number of carbonyl (C=O) groups is 2. The van der Waals surface area contributed by atoms with Crippen LogP contribution in [-0.2, 0) is 9.59 Å². The summed E-state index contributed by atoms with van der Waals surface area (Å²) in [6, 6.07) is 4.45. The highest BCUT2D eigenvalue weighted by Crippen LogP contribution is 2.18. The van der Waals surface area contributed by atoms with E-state index in [0.29, 0.717) is 38.3 Å². The van der Waals surface area contributed by atoms with Crippen molar-refractivity contribution in [1.82, 2.24) is 14.7 Å². The van der Waals surface area contributed by atoms with Crippen LogP contribution in [0.2, 0.25) is 5.02 Å². The molecule has 2 aliphatic rings. The first-order valence-electron chi connectivity index (χ1n) is 11.6. The third-order valence-electron chi connectivity index (χ3n) is 6.39. The van der Waals surface area contributed by atoms with Gasteiger partial charge in [0.25, 0.3) is 0 Å². The van der Waals surface area contributed by atoms with Gasteiger partial charge in [-0.1, -0.05) is 17.7 Å². The topological polar surface area (TPSA) is 84.3 Å². The van der Waals surface area contributed by atoms with E-state index in [1.165, 1.54) is 18.2 Å². The van der Waals surface area contributed by atoms with Crippen molar-refractivity contribution in [2.75, 3.05) is 45.9 Å². The lowest BCUT2D eigenvalue weighted by atomic mass is 10.0. The van der Waals surface area contributed by atoms with Crippen molar-refractivity contribution in [3.8, 4) is 0 Å². The van der Waals surface area contributed by atoms with Gasteiger partial charge < -0.3 is 20.0 Å². The summed E-state index contributed by atoms with van der Waals surface area (Å²) in [7, 11) is 0. The highest BCUT2D eigenvalue weighted by Gasteiger charge is 2.26. The molecule has 2 aliphatic heterocycles. The zero-order valence-electron chi connectivity index (χ0n) is 18.8. The fraction of sp³-hybridized carbons (Fsp3) is 0.583. The molecule has 2 fully saturated rings. The third kappa shape index (κ3) is 7.50. The van der Waals surface area contributed by atoms with Crippen molar-refractivity contribution in [1.29, 1.82) is 0 Å². The van der Waals surface area contributed by atoms with E-state index in [-0.39, 0.29) is 42.0 Å². The van der Waals surface area contributed by atoms with Gasteiger partial charge in [0.15, 0.2) is 0 Å². The van der Waals surface area contributed by atoms with Crippen LogP contribution in [0.25, 0.3) is 6.08 Å². The lowest BCUT2D eigenvalue weighted by molar-refractivity contribution is -0.130. The standard InChI is InChI=1S/C24H33ClFN3O4/c25-21-7-3-18(15-22(21)26)4-8-23(32)28-12-9-24(33)27(13-14-28)10-1-2-11-29-16-20(31)6-5-19(29)17-30/h3-4,7-8,15,19-20,30-31H,1-2,5-6,9-14,16-17H2/b8-4+. The number of unbranched alkanes of at least 4 members (excludes halogenated alkanes) is 1. The zero-order chi connectivity index (χ0) is 23.8. The maximum Gasteiger partial charge on any atom is 0.246 e. The summed E-state index contributed by atoms with van der Waals surface area (Å²) >= 11 is 5.68. The third-order valence-corrected chi connectivity index (χ3v) is 6.70. The lowest BCUT2D eigenvalue weighted by Crippen LogP contribution is -2.47. The second kappa shape index (κ2) is 12.5. The summed E-state index contributed by atoms with van der Waals surface area (Å²) in [6.45, 7) is 3.39. The highest BCUT2D eigenvalue weighted by atomic mass is 35.5. The van der Waals surface area contributed by atoms with E-state index < -0.39 is 5.82 Å². The molecule has 0 spiro atoms. The van der Waals surface area contributed by atoms with Crippen molar-refractivity contribution in [2.45, 2.75) is 44.2 Å². The quantitative estimate of drug-likeness (QED) is 0.439. The minimum absolute atomic E-state index is 0.0336. The minimum atomic E-state index is -0.536. The van der Waals surface area contributed by atoms with Crippen LogP contribution >= 0.6 is 11.6 Å². The van der Waals surface area contributed by atoms with E-state index >= 15 is 0 Å². The van der Waals surface area contributed by atoms with Crippen LogP contribution in [0.5, 0.6) is 0 Å². The molecule has 1 aromatic rings. The first-order valence-corrected chi connectivity index (χ1v) is 12.0. The molecule has 2 N–H and O–H groups in total. The number of aliphatic hydroxyl groups is 2. The largest absolute Gasteiger partial charge is 0.395 e. The Hall–Kier alpha value is -2.00. The van der Waals surface area contributed by atoms with Crippen LogP contribution in [0.3, 0.4) is 0 Å². The summed E-state index contributed by atoms with van der Waals surface area (Å²) < 4.78 is 13.6. The summed E-state index contributed by atoms with van der Waals surface area (Å²) in [5.74, 6) is -0.708. The Morgan fingerprint density at radius 2 is 1.97 bits per heavy atom. The Kier molecular flexibility index (Phi) is 9.67. The Morgan fingerprint density at radius 3 is 2.73 bits per heavy atom. The number of likely N-dealkylation sites (tertiary alicyclic amines) is 1. The van der Waals surface area contributed by atoms with Crippen LogP contribution < -0.4 is 0 Å². The van der Waals surface area contributed by atoms with Crippen LogP contribution in [0.15, 0.2) is 24.3 Å². The summed E-state index contributed by atoms with van der Waals surface area (Å²) in [5, 5.41) is 19.4. The van der Waals surface area contributed by atoms with Gasteiger partial charge in [0.2, 0.25) is 11.8 Å². The molecule has 0 saturated carbocycles. The van der Waals surface area contributed by atoms with E-state index in [1.807, 2.05) is 0 Å². The molecule has 182 valence electrons. The average molecular weight is 482 g/mol. The molecular formula is C24H33ClFN3O4. The molecule has 0 aliphatic carbocycles. The summed E-state index contributed by atoms with van der Waals surface area (Å²) in [4.78, 5) is 30.6. The van der Waals surface area contributed by atoms with E-state index in [2.05, 4.69) is 4.90 Å². The molecule has 3 rings (SSSR count). The molecule has 9 heteroatoms. The van der Waals surface area contributed by atoms with Crippen LogP contribution in [0, 0.1) is 5.82 Å². The van der Waals surface area contributed by atoms with E-state index in [0.717, 1.165) is 32.2 Å². The predicted octanol–water partition coefficient (Wildman–Crippen LogP) is 2.15.